The molecule has 3 N–H and O–H groups in total. The number of halogens is 2. The summed E-state index contributed by atoms with van der Waals surface area (Å²) in [5.41, 5.74) is 7.61. The molecule has 0 saturated carbocycles. The lowest BCUT2D eigenvalue weighted by molar-refractivity contribution is 0.102. The smallest absolute Gasteiger partial charge is 0.257 e. The van der Waals surface area contributed by atoms with Gasteiger partial charge < -0.3 is 11.1 Å². The minimum Gasteiger partial charge on any atom is -0.398 e. The van der Waals surface area contributed by atoms with Gasteiger partial charge in [-0.05, 0) is 40.5 Å². The van der Waals surface area contributed by atoms with Crippen LogP contribution in [0.4, 0.5) is 11.5 Å². The van der Waals surface area contributed by atoms with Crippen LogP contribution in [0, 0.1) is 6.92 Å². The molecular formula is C12H10Br2N4O. The predicted molar refractivity (Wildman–Crippen MR) is 81.0 cm³/mol. The van der Waals surface area contributed by atoms with Crippen molar-refractivity contribution < 1.29 is 4.79 Å². The number of benzene rings is 1. The van der Waals surface area contributed by atoms with Gasteiger partial charge in [-0.25, -0.2) is 9.97 Å². The fraction of sp³-hybridized carbons (Fsp3) is 0.0833. The highest BCUT2D eigenvalue weighted by atomic mass is 79.9. The van der Waals surface area contributed by atoms with Gasteiger partial charge in [-0.1, -0.05) is 15.9 Å². The first-order valence-electron chi connectivity index (χ1n) is 5.32. The third-order valence-electron chi connectivity index (χ3n) is 2.52. The maximum absolute atomic E-state index is 12.2. The van der Waals surface area contributed by atoms with Gasteiger partial charge in [-0.2, -0.15) is 0 Å². The topological polar surface area (TPSA) is 80.9 Å². The summed E-state index contributed by atoms with van der Waals surface area (Å²) in [6, 6.07) is 3.47. The summed E-state index contributed by atoms with van der Waals surface area (Å²) in [5.74, 6) is 0.105. The summed E-state index contributed by atoms with van der Waals surface area (Å²) in [4.78, 5) is 20.2. The van der Waals surface area contributed by atoms with Gasteiger partial charge in [0, 0.05) is 15.7 Å². The molecule has 1 aromatic carbocycles. The Morgan fingerprint density at radius 1 is 1.26 bits per heavy atom. The summed E-state index contributed by atoms with van der Waals surface area (Å²) in [6.45, 7) is 1.80. The lowest BCUT2D eigenvalue weighted by atomic mass is 10.1. The van der Waals surface area contributed by atoms with E-state index in [9.17, 15) is 4.79 Å². The fourth-order valence-corrected chi connectivity index (χ4v) is 2.18. The van der Waals surface area contributed by atoms with E-state index in [4.69, 9.17) is 5.73 Å². The zero-order valence-corrected chi connectivity index (χ0v) is 13.1. The maximum atomic E-state index is 12.2. The van der Waals surface area contributed by atoms with Crippen LogP contribution in [-0.2, 0) is 0 Å². The van der Waals surface area contributed by atoms with Gasteiger partial charge in [0.05, 0.1) is 12.4 Å². The maximum Gasteiger partial charge on any atom is 0.257 e. The molecule has 0 spiro atoms. The number of nitrogen functional groups attached to an aromatic ring is 1. The Bertz CT molecular complexity index is 628. The van der Waals surface area contributed by atoms with Gasteiger partial charge in [0.2, 0.25) is 0 Å². The molecule has 7 heteroatoms. The van der Waals surface area contributed by atoms with E-state index in [1.54, 1.807) is 19.1 Å². The molecule has 0 fully saturated rings. The SMILES string of the molecule is Cc1c(N)cc(Br)cc1C(=O)Nc1cnc(Br)cn1. The molecular weight excluding hydrogens is 376 g/mol. The first-order valence-corrected chi connectivity index (χ1v) is 6.90. The molecule has 19 heavy (non-hydrogen) atoms. The van der Waals surface area contributed by atoms with E-state index in [-0.39, 0.29) is 5.91 Å². The zero-order chi connectivity index (χ0) is 14.0. The highest BCUT2D eigenvalue weighted by molar-refractivity contribution is 9.10. The molecule has 0 atom stereocenters. The van der Waals surface area contributed by atoms with Gasteiger partial charge in [-0.15, -0.1) is 0 Å². The number of amides is 1. The number of nitrogens with two attached hydrogens (primary N) is 1. The Labute approximate surface area is 126 Å². The summed E-state index contributed by atoms with van der Waals surface area (Å²) in [7, 11) is 0. The Hall–Kier alpha value is -1.47. The van der Waals surface area contributed by atoms with Crippen LogP contribution in [0.1, 0.15) is 15.9 Å². The Morgan fingerprint density at radius 3 is 2.63 bits per heavy atom. The van der Waals surface area contributed by atoms with E-state index in [0.717, 1.165) is 10.0 Å². The largest absolute Gasteiger partial charge is 0.398 e. The molecule has 0 bridgehead atoms. The molecule has 98 valence electrons. The van der Waals surface area contributed by atoms with Crippen LogP contribution in [0.2, 0.25) is 0 Å². The van der Waals surface area contributed by atoms with Gasteiger partial charge in [0.25, 0.3) is 5.91 Å². The molecule has 1 aromatic heterocycles. The van der Waals surface area contributed by atoms with Crippen LogP contribution in [0.25, 0.3) is 0 Å². The number of carbonyl (C=O) groups excluding carboxylic acids is 1. The normalized spacial score (nSPS) is 10.3. The number of aromatic nitrogens is 2. The lowest BCUT2D eigenvalue weighted by Crippen LogP contribution is -2.15. The highest BCUT2D eigenvalue weighted by Gasteiger charge is 2.13. The summed E-state index contributed by atoms with van der Waals surface area (Å²) in [6.07, 6.45) is 2.98. The van der Waals surface area contributed by atoms with Crippen LogP contribution < -0.4 is 11.1 Å². The third kappa shape index (κ3) is 3.30. The number of hydrogen-bond acceptors (Lipinski definition) is 4. The average Bonchev–Trinajstić information content (AvgIpc) is 2.36. The molecule has 5 nitrogen and oxygen atoms in total. The summed E-state index contributed by atoms with van der Waals surface area (Å²) in [5, 5.41) is 2.67. The van der Waals surface area contributed by atoms with Gasteiger partial charge in [-0.3, -0.25) is 4.79 Å². The molecule has 0 aliphatic rings. The van der Waals surface area contributed by atoms with E-state index < -0.39 is 0 Å². The van der Waals surface area contributed by atoms with Gasteiger partial charge in [0.1, 0.15) is 4.60 Å². The minimum absolute atomic E-state index is 0.276. The van der Waals surface area contributed by atoms with Crippen molar-refractivity contribution in [3.05, 3.63) is 44.7 Å². The third-order valence-corrected chi connectivity index (χ3v) is 3.39. The van der Waals surface area contributed by atoms with Crippen molar-refractivity contribution >= 4 is 49.3 Å². The Balaban J connectivity index is 2.27. The second-order valence-electron chi connectivity index (χ2n) is 3.85. The number of rotatable bonds is 2. The monoisotopic (exact) mass is 384 g/mol. The van der Waals surface area contributed by atoms with Gasteiger partial charge in [0.15, 0.2) is 5.82 Å². The second-order valence-corrected chi connectivity index (χ2v) is 5.57. The second kappa shape index (κ2) is 5.66. The van der Waals surface area contributed by atoms with Crippen LogP contribution >= 0.6 is 31.9 Å². The van der Waals surface area contributed by atoms with E-state index in [2.05, 4.69) is 47.1 Å². The van der Waals surface area contributed by atoms with Crippen molar-refractivity contribution in [3.8, 4) is 0 Å². The number of nitrogens with one attached hydrogen (secondary N) is 1. The molecule has 0 aliphatic heterocycles. The molecule has 2 rings (SSSR count). The van der Waals surface area contributed by atoms with Crippen LogP contribution in [0.5, 0.6) is 0 Å². The van der Waals surface area contributed by atoms with Crippen molar-refractivity contribution in [3.63, 3.8) is 0 Å². The van der Waals surface area contributed by atoms with E-state index >= 15 is 0 Å². The number of carbonyl (C=O) groups is 1. The zero-order valence-electron chi connectivity index (χ0n) is 9.95. The van der Waals surface area contributed by atoms with E-state index in [1.807, 2.05) is 0 Å². The highest BCUT2D eigenvalue weighted by Crippen LogP contribution is 2.23. The summed E-state index contributed by atoms with van der Waals surface area (Å²) >= 11 is 6.49. The molecule has 1 amide bonds. The minimum atomic E-state index is -0.276. The number of nitrogens with zero attached hydrogens (tertiary/aromatic N) is 2. The first-order chi connectivity index (χ1) is 8.97. The molecule has 0 aliphatic carbocycles. The van der Waals surface area contributed by atoms with Crippen LogP contribution in [0.3, 0.4) is 0 Å². The molecule has 1 heterocycles. The van der Waals surface area contributed by atoms with E-state index in [0.29, 0.717) is 21.7 Å². The number of anilines is 2. The van der Waals surface area contributed by atoms with E-state index in [1.165, 1.54) is 12.4 Å². The van der Waals surface area contributed by atoms with Gasteiger partial charge >= 0.3 is 0 Å². The van der Waals surface area contributed by atoms with Crippen molar-refractivity contribution in [2.45, 2.75) is 6.92 Å². The molecule has 0 unspecified atom stereocenters. The van der Waals surface area contributed by atoms with Crippen molar-refractivity contribution in [2.24, 2.45) is 0 Å². The quantitative estimate of drug-likeness (QED) is 0.778. The first kappa shape index (κ1) is 14.0. The van der Waals surface area contributed by atoms with Crippen molar-refractivity contribution in [1.82, 2.24) is 9.97 Å². The Kier molecular flexibility index (Phi) is 4.16. The summed E-state index contributed by atoms with van der Waals surface area (Å²) < 4.78 is 1.36. The molecule has 0 saturated heterocycles. The number of hydrogen-bond donors (Lipinski definition) is 2. The average molecular weight is 386 g/mol. The fourth-order valence-electron chi connectivity index (χ4n) is 1.50. The predicted octanol–water partition coefficient (Wildman–Crippen LogP) is 3.14. The van der Waals surface area contributed by atoms with Crippen molar-refractivity contribution in [1.29, 1.82) is 0 Å². The molecule has 0 radical (unpaired) electrons. The van der Waals surface area contributed by atoms with Crippen LogP contribution in [0.15, 0.2) is 33.6 Å². The molecule has 2 aromatic rings. The van der Waals surface area contributed by atoms with Crippen molar-refractivity contribution in [2.75, 3.05) is 11.1 Å². The standard InChI is InChI=1S/C12H10Br2N4O/c1-6-8(2-7(13)3-9(6)15)12(19)18-11-5-16-10(14)4-17-11/h2-5H,15H2,1H3,(H,17,18,19). The Morgan fingerprint density at radius 2 is 2.00 bits per heavy atom. The van der Waals surface area contributed by atoms with Crippen LogP contribution in [-0.4, -0.2) is 15.9 Å². The lowest BCUT2D eigenvalue weighted by Gasteiger charge is -2.09.